The maximum Gasteiger partial charge on any atom is 0.500 e. The van der Waals surface area contributed by atoms with Crippen molar-refractivity contribution in [1.82, 2.24) is 0 Å². The summed E-state index contributed by atoms with van der Waals surface area (Å²) in [4.78, 5) is 0. The van der Waals surface area contributed by atoms with Crippen molar-refractivity contribution in [2.45, 2.75) is 25.3 Å². The molecule has 1 rings (SSSR count). The number of hydrogen-bond donors (Lipinski definition) is 0. The van der Waals surface area contributed by atoms with Crippen LogP contribution in [0.2, 0.25) is 6.04 Å². The lowest BCUT2D eigenvalue weighted by atomic mass is 9.96. The lowest BCUT2D eigenvalue weighted by Gasteiger charge is -2.29. The molecule has 0 N–H and O–H groups in total. The SMILES string of the molecule is CO[Si](CC1CC=CCC1)(OC)OC. The summed E-state index contributed by atoms with van der Waals surface area (Å²) in [5, 5.41) is 0. The Hall–Kier alpha value is -0.163. The third kappa shape index (κ3) is 2.92. The summed E-state index contributed by atoms with van der Waals surface area (Å²) in [5.41, 5.74) is 0. The molecular formula is C10H20O3Si. The maximum absolute atomic E-state index is 5.41. The fourth-order valence-corrected chi connectivity index (χ4v) is 3.97. The molecule has 1 aliphatic carbocycles. The smallest absolute Gasteiger partial charge is 0.377 e. The molecule has 0 heterocycles. The van der Waals surface area contributed by atoms with E-state index in [0.29, 0.717) is 5.92 Å². The molecule has 1 unspecified atom stereocenters. The van der Waals surface area contributed by atoms with Crippen molar-refractivity contribution >= 4 is 8.80 Å². The summed E-state index contributed by atoms with van der Waals surface area (Å²) in [7, 11) is 2.70. The first-order valence-corrected chi connectivity index (χ1v) is 7.00. The Morgan fingerprint density at radius 2 is 1.79 bits per heavy atom. The largest absolute Gasteiger partial charge is 0.500 e. The van der Waals surface area contributed by atoms with E-state index in [-0.39, 0.29) is 0 Å². The second kappa shape index (κ2) is 5.65. The van der Waals surface area contributed by atoms with Gasteiger partial charge in [-0.05, 0) is 25.2 Å². The van der Waals surface area contributed by atoms with E-state index in [1.165, 1.54) is 12.8 Å². The van der Waals surface area contributed by atoms with Gasteiger partial charge in [0.25, 0.3) is 0 Å². The molecule has 3 nitrogen and oxygen atoms in total. The minimum Gasteiger partial charge on any atom is -0.377 e. The van der Waals surface area contributed by atoms with Gasteiger partial charge in [0.15, 0.2) is 0 Å². The molecule has 0 saturated heterocycles. The van der Waals surface area contributed by atoms with Crippen molar-refractivity contribution in [3.05, 3.63) is 12.2 Å². The fourth-order valence-electron chi connectivity index (χ4n) is 1.90. The molecule has 82 valence electrons. The highest BCUT2D eigenvalue weighted by Crippen LogP contribution is 2.28. The van der Waals surface area contributed by atoms with Crippen LogP contribution in [0.1, 0.15) is 19.3 Å². The van der Waals surface area contributed by atoms with E-state index in [9.17, 15) is 0 Å². The maximum atomic E-state index is 5.41. The minimum absolute atomic E-state index is 0.659. The fraction of sp³-hybridized carbons (Fsp3) is 0.800. The van der Waals surface area contributed by atoms with E-state index in [1.54, 1.807) is 21.3 Å². The molecule has 0 aromatic rings. The van der Waals surface area contributed by atoms with Crippen molar-refractivity contribution in [2.24, 2.45) is 5.92 Å². The quantitative estimate of drug-likeness (QED) is 0.521. The first-order valence-electron chi connectivity index (χ1n) is 5.07. The Balaban J connectivity index is 2.49. The molecular weight excluding hydrogens is 196 g/mol. The van der Waals surface area contributed by atoms with E-state index in [0.717, 1.165) is 12.5 Å². The standard InChI is InChI=1S/C10H20O3Si/c1-11-14(12-2,13-3)9-10-7-5-4-6-8-10/h4-5,10H,6-9H2,1-3H3. The molecule has 4 heteroatoms. The molecule has 0 saturated carbocycles. The number of allylic oxidation sites excluding steroid dienone is 2. The molecule has 0 amide bonds. The van der Waals surface area contributed by atoms with Crippen LogP contribution in [-0.4, -0.2) is 30.1 Å². The van der Waals surface area contributed by atoms with Gasteiger partial charge in [0, 0.05) is 27.4 Å². The van der Waals surface area contributed by atoms with Gasteiger partial charge in [-0.25, -0.2) is 0 Å². The van der Waals surface area contributed by atoms with E-state index in [2.05, 4.69) is 12.2 Å². The van der Waals surface area contributed by atoms with Crippen LogP contribution in [0.15, 0.2) is 12.2 Å². The second-order valence-electron chi connectivity index (χ2n) is 3.65. The van der Waals surface area contributed by atoms with E-state index >= 15 is 0 Å². The number of rotatable bonds is 5. The summed E-state index contributed by atoms with van der Waals surface area (Å²) in [6, 6.07) is 0.931. The van der Waals surface area contributed by atoms with Crippen LogP contribution < -0.4 is 0 Å². The van der Waals surface area contributed by atoms with E-state index < -0.39 is 8.80 Å². The first kappa shape index (κ1) is 11.9. The van der Waals surface area contributed by atoms with Crippen LogP contribution >= 0.6 is 0 Å². The second-order valence-corrected chi connectivity index (χ2v) is 6.65. The van der Waals surface area contributed by atoms with Gasteiger partial charge in [0.1, 0.15) is 0 Å². The van der Waals surface area contributed by atoms with Gasteiger partial charge in [-0.1, -0.05) is 12.2 Å². The topological polar surface area (TPSA) is 27.7 Å². The molecule has 0 spiro atoms. The monoisotopic (exact) mass is 216 g/mol. The highest BCUT2D eigenvalue weighted by molar-refractivity contribution is 6.60. The normalized spacial score (nSPS) is 22.6. The van der Waals surface area contributed by atoms with Crippen molar-refractivity contribution in [3.8, 4) is 0 Å². The Labute approximate surface area is 87.4 Å². The zero-order valence-corrected chi connectivity index (χ0v) is 10.3. The minimum atomic E-state index is -2.34. The summed E-state index contributed by atoms with van der Waals surface area (Å²) in [5.74, 6) is 0.659. The van der Waals surface area contributed by atoms with Gasteiger partial charge in [0.05, 0.1) is 0 Å². The molecule has 0 aliphatic heterocycles. The van der Waals surface area contributed by atoms with Gasteiger partial charge in [-0.3, -0.25) is 0 Å². The third-order valence-electron chi connectivity index (χ3n) is 2.85. The third-order valence-corrected chi connectivity index (χ3v) is 5.79. The van der Waals surface area contributed by atoms with Gasteiger partial charge in [-0.15, -0.1) is 0 Å². The number of hydrogen-bond acceptors (Lipinski definition) is 3. The van der Waals surface area contributed by atoms with Crippen molar-refractivity contribution in [3.63, 3.8) is 0 Å². The van der Waals surface area contributed by atoms with Gasteiger partial charge < -0.3 is 13.3 Å². The van der Waals surface area contributed by atoms with Gasteiger partial charge in [0.2, 0.25) is 0 Å². The van der Waals surface area contributed by atoms with Crippen LogP contribution in [0.5, 0.6) is 0 Å². The van der Waals surface area contributed by atoms with Crippen LogP contribution in [-0.2, 0) is 13.3 Å². The van der Waals surface area contributed by atoms with Crippen LogP contribution in [0.3, 0.4) is 0 Å². The lowest BCUT2D eigenvalue weighted by molar-refractivity contribution is 0.117. The first-order chi connectivity index (χ1) is 6.76. The van der Waals surface area contributed by atoms with Crippen LogP contribution in [0.25, 0.3) is 0 Å². The predicted octanol–water partition coefficient (Wildman–Crippen LogP) is 2.22. The summed E-state index contributed by atoms with van der Waals surface area (Å²) < 4.78 is 16.2. The summed E-state index contributed by atoms with van der Waals surface area (Å²) >= 11 is 0. The molecule has 14 heavy (non-hydrogen) atoms. The molecule has 0 radical (unpaired) electrons. The van der Waals surface area contributed by atoms with Crippen molar-refractivity contribution in [1.29, 1.82) is 0 Å². The Morgan fingerprint density at radius 1 is 1.14 bits per heavy atom. The average molecular weight is 216 g/mol. The molecule has 1 atom stereocenters. The molecule has 1 aliphatic rings. The van der Waals surface area contributed by atoms with Crippen LogP contribution in [0, 0.1) is 5.92 Å². The Morgan fingerprint density at radius 3 is 2.21 bits per heavy atom. The zero-order chi connectivity index (χ0) is 10.4. The predicted molar refractivity (Wildman–Crippen MR) is 58.1 cm³/mol. The molecule has 0 aromatic carbocycles. The highest BCUT2D eigenvalue weighted by Gasteiger charge is 2.40. The molecule has 0 fully saturated rings. The molecule has 0 aromatic heterocycles. The highest BCUT2D eigenvalue weighted by atomic mass is 28.4. The average Bonchev–Trinajstić information content (AvgIpc) is 2.28. The van der Waals surface area contributed by atoms with Crippen molar-refractivity contribution in [2.75, 3.05) is 21.3 Å². The molecule has 0 bridgehead atoms. The van der Waals surface area contributed by atoms with E-state index in [1.807, 2.05) is 0 Å². The Bertz CT molecular complexity index is 182. The van der Waals surface area contributed by atoms with Crippen LogP contribution in [0.4, 0.5) is 0 Å². The van der Waals surface area contributed by atoms with Gasteiger partial charge in [-0.2, -0.15) is 0 Å². The lowest BCUT2D eigenvalue weighted by Crippen LogP contribution is -2.44. The van der Waals surface area contributed by atoms with E-state index in [4.69, 9.17) is 13.3 Å². The summed E-state index contributed by atoms with van der Waals surface area (Å²) in [6.45, 7) is 0. The van der Waals surface area contributed by atoms with Gasteiger partial charge >= 0.3 is 8.80 Å². The Kier molecular flexibility index (Phi) is 4.81. The van der Waals surface area contributed by atoms with Crippen molar-refractivity contribution < 1.29 is 13.3 Å². The summed E-state index contributed by atoms with van der Waals surface area (Å²) in [6.07, 6.45) is 8.01. The zero-order valence-electron chi connectivity index (χ0n) is 9.29.